The zero-order valence-corrected chi connectivity index (χ0v) is 18.9. The number of hydrogen-bond acceptors (Lipinski definition) is 8. The Hall–Kier alpha value is -2.50. The van der Waals surface area contributed by atoms with Crippen LogP contribution in [0.25, 0.3) is 0 Å². The zero-order chi connectivity index (χ0) is 23.6. The third-order valence-corrected chi connectivity index (χ3v) is 5.89. The van der Waals surface area contributed by atoms with E-state index >= 15 is 0 Å². The molecular formula is C20H27NO9S. The molecule has 10 nitrogen and oxygen atoms in total. The first-order valence-corrected chi connectivity index (χ1v) is 11.0. The third kappa shape index (κ3) is 5.81. The van der Waals surface area contributed by atoms with E-state index in [1.165, 1.54) is 19.1 Å². The summed E-state index contributed by atoms with van der Waals surface area (Å²) in [5, 5.41) is 9.59. The van der Waals surface area contributed by atoms with E-state index in [-0.39, 0.29) is 17.9 Å². The molecule has 11 heteroatoms. The van der Waals surface area contributed by atoms with Crippen molar-refractivity contribution in [1.29, 1.82) is 0 Å². The van der Waals surface area contributed by atoms with Crippen LogP contribution in [-0.2, 0) is 33.4 Å². The lowest BCUT2D eigenvalue weighted by Gasteiger charge is -2.31. The maximum absolute atomic E-state index is 12.7. The number of carboxylic acid groups (broad SMARTS) is 1. The fourth-order valence-corrected chi connectivity index (χ4v) is 3.84. The molecule has 1 saturated heterocycles. The van der Waals surface area contributed by atoms with E-state index in [4.69, 9.17) is 13.7 Å². The van der Waals surface area contributed by atoms with Crippen LogP contribution in [0.1, 0.15) is 39.7 Å². The Kier molecular flexibility index (Phi) is 7.14. The summed E-state index contributed by atoms with van der Waals surface area (Å²) in [4.78, 5) is 37.4. The van der Waals surface area contributed by atoms with Gasteiger partial charge in [0.15, 0.2) is 5.54 Å². The summed E-state index contributed by atoms with van der Waals surface area (Å²) in [6, 6.07) is 6.07. The Morgan fingerprint density at radius 1 is 1.19 bits per heavy atom. The fraction of sp³-hybridized carbons (Fsp3) is 0.550. The second kappa shape index (κ2) is 8.93. The minimum atomic E-state index is -4.01. The molecule has 1 heterocycles. The maximum atomic E-state index is 12.7. The molecule has 0 aliphatic carbocycles. The minimum absolute atomic E-state index is 0.0235. The summed E-state index contributed by atoms with van der Waals surface area (Å²) in [6.45, 7) is 7.10. The molecule has 1 aliphatic rings. The number of amides is 2. The van der Waals surface area contributed by atoms with Gasteiger partial charge in [-0.25, -0.2) is 14.5 Å². The number of rotatable bonds is 7. The largest absolute Gasteiger partial charge is 0.479 e. The smallest absolute Gasteiger partial charge is 0.418 e. The standard InChI is InChI=1S/C20H27NO9S/c1-13-6-8-14(9-7-13)31(26,27)29-11-10-28-15-12-20(5,17(23)24)21(16(15)22)18(25)30-19(2,3)4/h6-9,15H,10-12H2,1-5H3,(H,23,24). The molecule has 172 valence electrons. The quantitative estimate of drug-likeness (QED) is 0.482. The molecule has 31 heavy (non-hydrogen) atoms. The van der Waals surface area contributed by atoms with Crippen molar-refractivity contribution in [3.8, 4) is 0 Å². The van der Waals surface area contributed by atoms with E-state index in [2.05, 4.69) is 0 Å². The van der Waals surface area contributed by atoms with Crippen LogP contribution in [0.3, 0.4) is 0 Å². The SMILES string of the molecule is Cc1ccc(S(=O)(=O)OCCOC2CC(C)(C(=O)O)N(C(=O)OC(C)(C)C)C2=O)cc1. The highest BCUT2D eigenvalue weighted by molar-refractivity contribution is 7.86. The lowest BCUT2D eigenvalue weighted by atomic mass is 9.99. The maximum Gasteiger partial charge on any atom is 0.418 e. The van der Waals surface area contributed by atoms with Gasteiger partial charge in [0.1, 0.15) is 11.7 Å². The Morgan fingerprint density at radius 2 is 1.77 bits per heavy atom. The van der Waals surface area contributed by atoms with Crippen LogP contribution < -0.4 is 0 Å². The van der Waals surface area contributed by atoms with Crippen LogP contribution in [0.2, 0.25) is 0 Å². The van der Waals surface area contributed by atoms with Gasteiger partial charge in [-0.3, -0.25) is 8.98 Å². The number of carboxylic acids is 1. The molecule has 1 aromatic carbocycles. The van der Waals surface area contributed by atoms with Gasteiger partial charge < -0.3 is 14.6 Å². The highest BCUT2D eigenvalue weighted by Crippen LogP contribution is 2.34. The number of hydrogen-bond donors (Lipinski definition) is 1. The first-order valence-electron chi connectivity index (χ1n) is 9.55. The van der Waals surface area contributed by atoms with Gasteiger partial charge in [0.25, 0.3) is 16.0 Å². The molecule has 2 amide bonds. The summed E-state index contributed by atoms with van der Waals surface area (Å²) in [5.74, 6) is -2.27. The van der Waals surface area contributed by atoms with Gasteiger partial charge in [-0.15, -0.1) is 0 Å². The lowest BCUT2D eigenvalue weighted by molar-refractivity contribution is -0.152. The third-order valence-electron chi connectivity index (χ3n) is 4.56. The number of ether oxygens (including phenoxy) is 2. The normalized spacial score (nSPS) is 21.9. The first-order chi connectivity index (χ1) is 14.2. The molecule has 2 rings (SSSR count). The highest BCUT2D eigenvalue weighted by atomic mass is 32.2. The number of likely N-dealkylation sites (tertiary alicyclic amines) is 1. The van der Waals surface area contributed by atoms with Crippen LogP contribution in [-0.4, -0.2) is 66.9 Å². The number of imide groups is 1. The van der Waals surface area contributed by atoms with Gasteiger partial charge in [-0.2, -0.15) is 8.42 Å². The van der Waals surface area contributed by atoms with E-state index in [1.54, 1.807) is 32.9 Å². The number of benzene rings is 1. The van der Waals surface area contributed by atoms with Crippen molar-refractivity contribution in [2.45, 2.75) is 63.2 Å². The number of aliphatic carboxylic acids is 1. The van der Waals surface area contributed by atoms with Crippen molar-refractivity contribution in [3.63, 3.8) is 0 Å². The predicted octanol–water partition coefficient (Wildman–Crippen LogP) is 2.10. The molecule has 0 radical (unpaired) electrons. The Morgan fingerprint density at radius 3 is 2.29 bits per heavy atom. The van der Waals surface area contributed by atoms with Gasteiger partial charge in [-0.05, 0) is 46.8 Å². The number of carbonyl (C=O) groups excluding carboxylic acids is 2. The van der Waals surface area contributed by atoms with E-state index in [0.29, 0.717) is 4.90 Å². The van der Waals surface area contributed by atoms with Gasteiger partial charge in [0.05, 0.1) is 18.1 Å². The fourth-order valence-electron chi connectivity index (χ4n) is 2.95. The molecule has 0 spiro atoms. The van der Waals surface area contributed by atoms with Crippen molar-refractivity contribution in [2.24, 2.45) is 0 Å². The van der Waals surface area contributed by atoms with Gasteiger partial charge in [0, 0.05) is 6.42 Å². The predicted molar refractivity (Wildman–Crippen MR) is 108 cm³/mol. The molecule has 0 aromatic heterocycles. The van der Waals surface area contributed by atoms with Gasteiger partial charge in [-0.1, -0.05) is 17.7 Å². The number of aryl methyl sites for hydroxylation is 1. The van der Waals surface area contributed by atoms with Gasteiger partial charge >= 0.3 is 12.1 Å². The number of carbonyl (C=O) groups is 3. The molecule has 1 aliphatic heterocycles. The number of nitrogens with zero attached hydrogens (tertiary/aromatic N) is 1. The Balaban J connectivity index is 2.02. The summed E-state index contributed by atoms with van der Waals surface area (Å²) in [5.41, 5.74) is -1.91. The molecule has 0 saturated carbocycles. The van der Waals surface area contributed by atoms with Crippen LogP contribution in [0.15, 0.2) is 29.2 Å². The Bertz CT molecular complexity index is 950. The summed E-state index contributed by atoms with van der Waals surface area (Å²) in [7, 11) is -4.01. The highest BCUT2D eigenvalue weighted by Gasteiger charge is 2.57. The van der Waals surface area contributed by atoms with Crippen LogP contribution in [0.5, 0.6) is 0 Å². The average molecular weight is 458 g/mol. The molecule has 0 bridgehead atoms. The molecule has 2 unspecified atom stereocenters. The summed E-state index contributed by atoms with van der Waals surface area (Å²) >= 11 is 0. The molecular weight excluding hydrogens is 430 g/mol. The molecule has 1 fully saturated rings. The second-order valence-electron chi connectivity index (χ2n) is 8.39. The monoisotopic (exact) mass is 457 g/mol. The first kappa shape index (κ1) is 24.8. The molecule has 1 N–H and O–H groups in total. The van der Waals surface area contributed by atoms with Crippen molar-refractivity contribution >= 4 is 28.1 Å². The topological polar surface area (TPSA) is 137 Å². The van der Waals surface area contributed by atoms with Crippen molar-refractivity contribution in [2.75, 3.05) is 13.2 Å². The molecule has 2 atom stereocenters. The average Bonchev–Trinajstić information content (AvgIpc) is 2.89. The van der Waals surface area contributed by atoms with E-state index < -0.39 is 51.9 Å². The minimum Gasteiger partial charge on any atom is -0.479 e. The molecule has 1 aromatic rings. The van der Waals surface area contributed by atoms with Crippen LogP contribution in [0, 0.1) is 6.92 Å². The van der Waals surface area contributed by atoms with Crippen molar-refractivity contribution < 1.29 is 41.6 Å². The summed E-state index contributed by atoms with van der Waals surface area (Å²) in [6.07, 6.45) is -2.67. The van der Waals surface area contributed by atoms with Crippen LogP contribution >= 0.6 is 0 Å². The Labute approximate surface area is 181 Å². The lowest BCUT2D eigenvalue weighted by Crippen LogP contribution is -2.53. The van der Waals surface area contributed by atoms with E-state index in [9.17, 15) is 27.9 Å². The van der Waals surface area contributed by atoms with Gasteiger partial charge in [0.2, 0.25) is 0 Å². The van der Waals surface area contributed by atoms with Crippen molar-refractivity contribution in [1.82, 2.24) is 4.90 Å². The second-order valence-corrected chi connectivity index (χ2v) is 10.0. The van der Waals surface area contributed by atoms with Crippen molar-refractivity contribution in [3.05, 3.63) is 29.8 Å². The van der Waals surface area contributed by atoms with E-state index in [1.807, 2.05) is 6.92 Å². The summed E-state index contributed by atoms with van der Waals surface area (Å²) < 4.78 is 39.8. The zero-order valence-electron chi connectivity index (χ0n) is 18.1. The van der Waals surface area contributed by atoms with Crippen LogP contribution in [0.4, 0.5) is 4.79 Å². The van der Waals surface area contributed by atoms with E-state index in [0.717, 1.165) is 5.56 Å².